The van der Waals surface area contributed by atoms with Gasteiger partial charge in [-0.15, -0.1) is 0 Å². The molecule has 0 unspecified atom stereocenters. The van der Waals surface area contributed by atoms with Crippen molar-refractivity contribution in [1.29, 1.82) is 0 Å². The average molecular weight is 173 g/mol. The molecule has 2 N–H and O–H groups in total. The van der Waals surface area contributed by atoms with E-state index in [-0.39, 0.29) is 5.88 Å². The summed E-state index contributed by atoms with van der Waals surface area (Å²) < 4.78 is 0. The molecule has 1 aromatic heterocycles. The zero-order chi connectivity index (χ0) is 9.26. The third kappa shape index (κ3) is 1.31. The maximum Gasteiger partial charge on any atom is 0.196 e. The van der Waals surface area contributed by atoms with Gasteiger partial charge in [0.2, 0.25) is 0 Å². The minimum Gasteiger partial charge on any atom is -0.494 e. The summed E-state index contributed by atoms with van der Waals surface area (Å²) >= 11 is 0. The fourth-order valence-corrected chi connectivity index (χ4v) is 1.48. The highest BCUT2D eigenvalue weighted by molar-refractivity contribution is 5.72. The molecule has 66 valence electrons. The molecule has 0 fully saturated rings. The topological polar surface area (TPSA) is 36.0 Å². The van der Waals surface area contributed by atoms with E-state index in [1.54, 1.807) is 6.20 Å². The molecule has 13 heavy (non-hydrogen) atoms. The lowest BCUT2D eigenvalue weighted by Crippen LogP contribution is -1.76. The first-order chi connectivity index (χ1) is 6.29. The van der Waals surface area contributed by atoms with Crippen LogP contribution in [-0.4, -0.2) is 10.1 Å². The molecule has 0 atom stereocenters. The zero-order valence-electron chi connectivity index (χ0n) is 7.41. The van der Waals surface area contributed by atoms with Crippen molar-refractivity contribution in [3.8, 4) is 17.0 Å². The van der Waals surface area contributed by atoms with Gasteiger partial charge in [-0.2, -0.15) is 0 Å². The number of aryl methyl sites for hydroxylation is 1. The molecule has 2 heteroatoms. The van der Waals surface area contributed by atoms with Gasteiger partial charge in [0.05, 0.1) is 0 Å². The van der Waals surface area contributed by atoms with Gasteiger partial charge in [0.15, 0.2) is 5.88 Å². The van der Waals surface area contributed by atoms with Gasteiger partial charge in [-0.3, -0.25) is 0 Å². The van der Waals surface area contributed by atoms with E-state index < -0.39 is 0 Å². The predicted octanol–water partition coefficient (Wildman–Crippen LogP) is 2.70. The van der Waals surface area contributed by atoms with E-state index in [2.05, 4.69) is 4.98 Å². The van der Waals surface area contributed by atoms with Gasteiger partial charge < -0.3 is 10.1 Å². The van der Waals surface area contributed by atoms with Crippen molar-refractivity contribution in [2.75, 3.05) is 0 Å². The van der Waals surface area contributed by atoms with Crippen LogP contribution in [0.4, 0.5) is 0 Å². The number of hydrogen-bond acceptors (Lipinski definition) is 1. The molecule has 0 aliphatic heterocycles. The second-order valence-corrected chi connectivity index (χ2v) is 3.06. The maximum atomic E-state index is 9.53. The van der Waals surface area contributed by atoms with E-state index in [1.165, 1.54) is 0 Å². The lowest BCUT2D eigenvalue weighted by molar-refractivity contribution is 0.459. The van der Waals surface area contributed by atoms with Gasteiger partial charge >= 0.3 is 0 Å². The Kier molecular flexibility index (Phi) is 1.81. The van der Waals surface area contributed by atoms with Gasteiger partial charge in [-0.1, -0.05) is 30.3 Å². The molecule has 2 rings (SSSR count). The van der Waals surface area contributed by atoms with Crippen LogP contribution in [0.25, 0.3) is 11.1 Å². The number of aromatic hydroxyl groups is 1. The standard InChI is InChI=1S/C11H11NO/c1-8-7-12-11(13)10(8)9-5-3-2-4-6-9/h2-7,12-13H,1H3. The highest BCUT2D eigenvalue weighted by Crippen LogP contribution is 2.30. The lowest BCUT2D eigenvalue weighted by atomic mass is 10.1. The summed E-state index contributed by atoms with van der Waals surface area (Å²) in [6.07, 6.45) is 1.80. The van der Waals surface area contributed by atoms with E-state index in [0.717, 1.165) is 16.7 Å². The Labute approximate surface area is 76.9 Å². The molecule has 0 aliphatic rings. The van der Waals surface area contributed by atoms with Crippen molar-refractivity contribution in [3.63, 3.8) is 0 Å². The second kappa shape index (κ2) is 2.98. The molecule has 0 bridgehead atoms. The average Bonchev–Trinajstić information content (AvgIpc) is 2.48. The first-order valence-corrected chi connectivity index (χ1v) is 4.21. The summed E-state index contributed by atoms with van der Waals surface area (Å²) in [7, 11) is 0. The van der Waals surface area contributed by atoms with Gasteiger partial charge in [-0.25, -0.2) is 0 Å². The summed E-state index contributed by atoms with van der Waals surface area (Å²) in [4.78, 5) is 2.79. The van der Waals surface area contributed by atoms with E-state index in [0.29, 0.717) is 0 Å². The fourth-order valence-electron chi connectivity index (χ4n) is 1.48. The van der Waals surface area contributed by atoms with Crippen LogP contribution in [0.3, 0.4) is 0 Å². The Hall–Kier alpha value is -1.70. The normalized spacial score (nSPS) is 10.2. The van der Waals surface area contributed by atoms with Crippen molar-refractivity contribution >= 4 is 0 Å². The van der Waals surface area contributed by atoms with Gasteiger partial charge in [0, 0.05) is 11.8 Å². The minimum atomic E-state index is 0.240. The van der Waals surface area contributed by atoms with Gasteiger partial charge in [0.1, 0.15) is 0 Å². The first kappa shape index (κ1) is 7.92. The Morgan fingerprint density at radius 1 is 1.15 bits per heavy atom. The molecule has 0 radical (unpaired) electrons. The minimum absolute atomic E-state index is 0.240. The Morgan fingerprint density at radius 2 is 1.85 bits per heavy atom. The Morgan fingerprint density at radius 3 is 2.38 bits per heavy atom. The summed E-state index contributed by atoms with van der Waals surface area (Å²) in [5, 5.41) is 9.53. The molecule has 0 amide bonds. The quantitative estimate of drug-likeness (QED) is 0.683. The molecule has 1 heterocycles. The largest absolute Gasteiger partial charge is 0.494 e. The first-order valence-electron chi connectivity index (χ1n) is 4.21. The molecule has 0 spiro atoms. The molecular formula is C11H11NO. The number of H-pyrrole nitrogens is 1. The van der Waals surface area contributed by atoms with Crippen LogP contribution >= 0.6 is 0 Å². The van der Waals surface area contributed by atoms with Crippen LogP contribution in [0.5, 0.6) is 5.88 Å². The summed E-state index contributed by atoms with van der Waals surface area (Å²) in [5.74, 6) is 0.240. The summed E-state index contributed by atoms with van der Waals surface area (Å²) in [6, 6.07) is 9.84. The number of hydrogen-bond donors (Lipinski definition) is 2. The van der Waals surface area contributed by atoms with E-state index >= 15 is 0 Å². The summed E-state index contributed by atoms with van der Waals surface area (Å²) in [6.45, 7) is 1.97. The van der Waals surface area contributed by atoms with Crippen LogP contribution in [0.1, 0.15) is 5.56 Å². The monoisotopic (exact) mass is 173 g/mol. The molecule has 0 aliphatic carbocycles. The third-order valence-electron chi connectivity index (χ3n) is 2.12. The molecule has 0 saturated heterocycles. The Balaban J connectivity index is 2.59. The van der Waals surface area contributed by atoms with E-state index in [4.69, 9.17) is 0 Å². The summed E-state index contributed by atoms with van der Waals surface area (Å²) in [5.41, 5.74) is 2.99. The highest BCUT2D eigenvalue weighted by atomic mass is 16.3. The van der Waals surface area contributed by atoms with Gasteiger partial charge in [-0.05, 0) is 18.1 Å². The number of aromatic nitrogens is 1. The molecule has 2 aromatic rings. The van der Waals surface area contributed by atoms with Crippen LogP contribution < -0.4 is 0 Å². The van der Waals surface area contributed by atoms with Gasteiger partial charge in [0.25, 0.3) is 0 Å². The SMILES string of the molecule is Cc1c[nH]c(O)c1-c1ccccc1. The number of nitrogens with one attached hydrogen (secondary N) is 1. The molecular weight excluding hydrogens is 162 g/mol. The predicted molar refractivity (Wildman–Crippen MR) is 52.6 cm³/mol. The van der Waals surface area contributed by atoms with E-state index in [9.17, 15) is 5.11 Å². The van der Waals surface area contributed by atoms with Crippen LogP contribution in [0.2, 0.25) is 0 Å². The van der Waals surface area contributed by atoms with Crippen molar-refractivity contribution < 1.29 is 5.11 Å². The van der Waals surface area contributed by atoms with Crippen LogP contribution in [0, 0.1) is 6.92 Å². The van der Waals surface area contributed by atoms with Crippen molar-refractivity contribution in [1.82, 2.24) is 4.98 Å². The van der Waals surface area contributed by atoms with Crippen LogP contribution in [-0.2, 0) is 0 Å². The van der Waals surface area contributed by atoms with E-state index in [1.807, 2.05) is 37.3 Å². The molecule has 2 nitrogen and oxygen atoms in total. The Bertz CT molecular complexity index is 384. The number of aromatic amines is 1. The number of rotatable bonds is 1. The van der Waals surface area contributed by atoms with Crippen molar-refractivity contribution in [2.45, 2.75) is 6.92 Å². The zero-order valence-corrected chi connectivity index (χ0v) is 7.41. The maximum absolute atomic E-state index is 9.53. The third-order valence-corrected chi connectivity index (χ3v) is 2.12. The lowest BCUT2D eigenvalue weighted by Gasteiger charge is -1.99. The second-order valence-electron chi connectivity index (χ2n) is 3.06. The van der Waals surface area contributed by atoms with Crippen LogP contribution in [0.15, 0.2) is 36.5 Å². The smallest absolute Gasteiger partial charge is 0.196 e. The molecule has 0 saturated carbocycles. The fraction of sp³-hybridized carbons (Fsp3) is 0.0909. The highest BCUT2D eigenvalue weighted by Gasteiger charge is 2.07. The van der Waals surface area contributed by atoms with Crippen molar-refractivity contribution in [2.24, 2.45) is 0 Å². The van der Waals surface area contributed by atoms with Crippen molar-refractivity contribution in [3.05, 3.63) is 42.1 Å². The number of benzene rings is 1. The molecule has 1 aromatic carbocycles.